The minimum atomic E-state index is -0.470. The summed E-state index contributed by atoms with van der Waals surface area (Å²) < 4.78 is 5.40. The molecule has 7 nitrogen and oxygen atoms in total. The van der Waals surface area contributed by atoms with E-state index in [1.54, 1.807) is 6.92 Å². The van der Waals surface area contributed by atoms with E-state index in [9.17, 15) is 10.1 Å². The largest absolute Gasteiger partial charge is 0.436 e. The Kier molecular flexibility index (Phi) is 3.34. The number of hydrogen-bond donors (Lipinski definition) is 0. The number of rotatable bonds is 3. The molecule has 0 radical (unpaired) electrons. The van der Waals surface area contributed by atoms with Crippen LogP contribution in [0.1, 0.15) is 11.3 Å². The van der Waals surface area contributed by atoms with Gasteiger partial charge in [0, 0.05) is 24.0 Å². The summed E-state index contributed by atoms with van der Waals surface area (Å²) in [6, 6.07) is 6.15. The third-order valence-corrected chi connectivity index (χ3v) is 2.35. The van der Waals surface area contributed by atoms with Crippen molar-refractivity contribution in [1.29, 1.82) is 5.26 Å². The van der Waals surface area contributed by atoms with Crippen LogP contribution in [0.25, 0.3) is 0 Å². The molecule has 2 rings (SSSR count). The van der Waals surface area contributed by atoms with Crippen LogP contribution in [-0.2, 0) is 0 Å². The van der Waals surface area contributed by atoms with Crippen molar-refractivity contribution in [3.63, 3.8) is 0 Å². The topological polar surface area (TPSA) is 102 Å². The highest BCUT2D eigenvalue weighted by Gasteiger charge is 2.12. The number of nitro benzene ring substituents is 1. The summed E-state index contributed by atoms with van der Waals surface area (Å²) in [6.07, 6.45) is 2.78. The fourth-order valence-corrected chi connectivity index (χ4v) is 1.48. The van der Waals surface area contributed by atoms with E-state index in [-0.39, 0.29) is 17.3 Å². The van der Waals surface area contributed by atoms with Crippen molar-refractivity contribution < 1.29 is 9.66 Å². The molecular weight excluding hydrogens is 248 g/mol. The molecule has 0 N–H and O–H groups in total. The number of benzene rings is 1. The second-order valence-corrected chi connectivity index (χ2v) is 3.63. The predicted molar refractivity (Wildman–Crippen MR) is 64.7 cm³/mol. The van der Waals surface area contributed by atoms with Crippen LogP contribution in [0, 0.1) is 28.4 Å². The molecule has 0 aliphatic heterocycles. The Balaban J connectivity index is 2.32. The van der Waals surface area contributed by atoms with Crippen LogP contribution in [-0.4, -0.2) is 14.9 Å². The summed E-state index contributed by atoms with van der Waals surface area (Å²) in [6.45, 7) is 1.60. The number of aryl methyl sites for hydroxylation is 1. The fraction of sp³-hybridized carbons (Fsp3) is 0.0833. The molecule has 1 aromatic carbocycles. The Bertz CT molecular complexity index is 679. The Morgan fingerprint density at radius 3 is 2.74 bits per heavy atom. The van der Waals surface area contributed by atoms with E-state index in [2.05, 4.69) is 9.97 Å². The van der Waals surface area contributed by atoms with Crippen LogP contribution in [0.2, 0.25) is 0 Å². The van der Waals surface area contributed by atoms with Gasteiger partial charge in [-0.2, -0.15) is 5.26 Å². The second-order valence-electron chi connectivity index (χ2n) is 3.63. The number of nitro groups is 1. The SMILES string of the molecule is Cc1cc(Oc2nccnc2C#N)ccc1[N+](=O)[O-]. The molecule has 2 aromatic rings. The van der Waals surface area contributed by atoms with Gasteiger partial charge in [-0.1, -0.05) is 0 Å². The molecule has 0 unspecified atom stereocenters. The average molecular weight is 256 g/mol. The number of nitriles is 1. The molecule has 1 aromatic heterocycles. The van der Waals surface area contributed by atoms with E-state index < -0.39 is 4.92 Å². The van der Waals surface area contributed by atoms with E-state index in [0.29, 0.717) is 11.3 Å². The minimum absolute atomic E-state index is 0.00648. The number of aromatic nitrogens is 2. The molecule has 0 fully saturated rings. The van der Waals surface area contributed by atoms with Gasteiger partial charge in [-0.3, -0.25) is 10.1 Å². The van der Waals surface area contributed by atoms with Crippen LogP contribution >= 0.6 is 0 Å². The third-order valence-electron chi connectivity index (χ3n) is 2.35. The maximum Gasteiger partial charge on any atom is 0.272 e. The van der Waals surface area contributed by atoms with Gasteiger partial charge in [0.25, 0.3) is 11.6 Å². The Morgan fingerprint density at radius 2 is 2.11 bits per heavy atom. The van der Waals surface area contributed by atoms with Crippen LogP contribution in [0.5, 0.6) is 11.6 Å². The van der Waals surface area contributed by atoms with E-state index in [1.807, 2.05) is 6.07 Å². The lowest BCUT2D eigenvalue weighted by atomic mass is 10.2. The smallest absolute Gasteiger partial charge is 0.272 e. The highest BCUT2D eigenvalue weighted by Crippen LogP contribution is 2.26. The van der Waals surface area contributed by atoms with Gasteiger partial charge >= 0.3 is 0 Å². The van der Waals surface area contributed by atoms with Crippen molar-refractivity contribution in [1.82, 2.24) is 9.97 Å². The molecule has 0 saturated carbocycles. The van der Waals surface area contributed by atoms with Gasteiger partial charge in [0.05, 0.1) is 4.92 Å². The predicted octanol–water partition coefficient (Wildman–Crippen LogP) is 2.36. The Hall–Kier alpha value is -3.01. The zero-order valence-corrected chi connectivity index (χ0v) is 9.90. The first-order valence-electron chi connectivity index (χ1n) is 5.26. The van der Waals surface area contributed by atoms with Gasteiger partial charge in [-0.05, 0) is 19.1 Å². The molecule has 7 heteroatoms. The summed E-state index contributed by atoms with van der Waals surface area (Å²) in [5.41, 5.74) is 0.524. The zero-order chi connectivity index (χ0) is 13.8. The monoisotopic (exact) mass is 256 g/mol. The first kappa shape index (κ1) is 12.4. The highest BCUT2D eigenvalue weighted by molar-refractivity contribution is 5.45. The first-order valence-corrected chi connectivity index (χ1v) is 5.26. The van der Waals surface area contributed by atoms with Gasteiger partial charge in [0.15, 0.2) is 0 Å². The summed E-state index contributed by atoms with van der Waals surface area (Å²) in [5, 5.41) is 19.5. The molecular formula is C12H8N4O3. The van der Waals surface area contributed by atoms with Gasteiger partial charge in [-0.25, -0.2) is 9.97 Å². The normalized spacial score (nSPS) is 9.68. The first-order chi connectivity index (χ1) is 9.11. The summed E-state index contributed by atoms with van der Waals surface area (Å²) in [4.78, 5) is 17.9. The lowest BCUT2D eigenvalue weighted by molar-refractivity contribution is -0.385. The van der Waals surface area contributed by atoms with E-state index in [0.717, 1.165) is 0 Å². The number of ether oxygens (including phenoxy) is 1. The van der Waals surface area contributed by atoms with Gasteiger partial charge < -0.3 is 4.74 Å². The van der Waals surface area contributed by atoms with Crippen LogP contribution in [0.3, 0.4) is 0 Å². The Morgan fingerprint density at radius 1 is 1.37 bits per heavy atom. The summed E-state index contributed by atoms with van der Waals surface area (Å²) >= 11 is 0. The highest BCUT2D eigenvalue weighted by atomic mass is 16.6. The van der Waals surface area contributed by atoms with Crippen molar-refractivity contribution in [2.24, 2.45) is 0 Å². The van der Waals surface area contributed by atoms with E-state index in [4.69, 9.17) is 10.00 Å². The molecule has 0 bridgehead atoms. The molecule has 0 aliphatic rings. The summed E-state index contributed by atoms with van der Waals surface area (Å²) in [5.74, 6) is 0.429. The molecule has 0 amide bonds. The van der Waals surface area contributed by atoms with E-state index in [1.165, 1.54) is 30.6 Å². The Labute approximate surface area is 108 Å². The van der Waals surface area contributed by atoms with Crippen molar-refractivity contribution >= 4 is 5.69 Å². The molecule has 0 saturated heterocycles. The van der Waals surface area contributed by atoms with Gasteiger partial charge in [0.1, 0.15) is 11.8 Å². The summed E-state index contributed by atoms with van der Waals surface area (Å²) in [7, 11) is 0. The molecule has 19 heavy (non-hydrogen) atoms. The minimum Gasteiger partial charge on any atom is -0.436 e. The van der Waals surface area contributed by atoms with Crippen molar-refractivity contribution in [3.8, 4) is 17.7 Å². The molecule has 0 aliphatic carbocycles. The quantitative estimate of drug-likeness (QED) is 0.617. The molecule has 0 spiro atoms. The van der Waals surface area contributed by atoms with Crippen molar-refractivity contribution in [3.05, 3.63) is 52.0 Å². The average Bonchev–Trinajstić information content (AvgIpc) is 2.39. The zero-order valence-electron chi connectivity index (χ0n) is 9.90. The second kappa shape index (κ2) is 5.10. The van der Waals surface area contributed by atoms with Crippen molar-refractivity contribution in [2.75, 3.05) is 0 Å². The van der Waals surface area contributed by atoms with Crippen LogP contribution < -0.4 is 4.74 Å². The van der Waals surface area contributed by atoms with Crippen LogP contribution in [0.15, 0.2) is 30.6 Å². The third kappa shape index (κ3) is 2.63. The van der Waals surface area contributed by atoms with Gasteiger partial charge in [0.2, 0.25) is 5.69 Å². The molecule has 0 atom stereocenters. The van der Waals surface area contributed by atoms with E-state index >= 15 is 0 Å². The standard InChI is InChI=1S/C12H8N4O3/c1-8-6-9(2-3-11(8)16(17)18)19-12-10(7-13)14-4-5-15-12/h2-6H,1H3. The maximum absolute atomic E-state index is 10.7. The number of hydrogen-bond acceptors (Lipinski definition) is 6. The lowest BCUT2D eigenvalue weighted by Gasteiger charge is -2.06. The maximum atomic E-state index is 10.7. The molecule has 94 valence electrons. The van der Waals surface area contributed by atoms with Crippen molar-refractivity contribution in [2.45, 2.75) is 6.92 Å². The lowest BCUT2D eigenvalue weighted by Crippen LogP contribution is -1.96. The number of nitrogens with zero attached hydrogens (tertiary/aromatic N) is 4. The van der Waals surface area contributed by atoms with Gasteiger partial charge in [-0.15, -0.1) is 0 Å². The molecule has 1 heterocycles. The van der Waals surface area contributed by atoms with Crippen LogP contribution in [0.4, 0.5) is 5.69 Å². The fourth-order valence-electron chi connectivity index (χ4n) is 1.48.